The SMILES string of the molecule is COc1ccc(C=O)cc1OCCCOc1ccc2c(c1)OCO2. The van der Waals surface area contributed by atoms with Crippen LogP contribution >= 0.6 is 0 Å². The molecular weight excluding hydrogens is 312 g/mol. The first-order chi connectivity index (χ1) is 11.8. The zero-order valence-corrected chi connectivity index (χ0v) is 13.3. The normalized spacial score (nSPS) is 11.9. The van der Waals surface area contributed by atoms with E-state index < -0.39 is 0 Å². The van der Waals surface area contributed by atoms with Crippen molar-refractivity contribution in [2.45, 2.75) is 6.42 Å². The van der Waals surface area contributed by atoms with Crippen molar-refractivity contribution in [2.75, 3.05) is 27.1 Å². The molecule has 0 atom stereocenters. The highest BCUT2D eigenvalue weighted by molar-refractivity contribution is 5.76. The van der Waals surface area contributed by atoms with Gasteiger partial charge in [0, 0.05) is 18.1 Å². The molecule has 0 saturated carbocycles. The quantitative estimate of drug-likeness (QED) is 0.547. The Kier molecular flexibility index (Phi) is 5.05. The van der Waals surface area contributed by atoms with Crippen molar-refractivity contribution in [3.8, 4) is 28.7 Å². The Balaban J connectivity index is 1.46. The van der Waals surface area contributed by atoms with Crippen LogP contribution in [-0.2, 0) is 0 Å². The standard InChI is InChI=1S/C18H18O6/c1-20-15-5-3-13(11-19)9-17(15)22-8-2-7-21-14-4-6-16-18(10-14)24-12-23-16/h3-6,9-11H,2,7-8,12H2,1H3. The summed E-state index contributed by atoms with van der Waals surface area (Å²) >= 11 is 0. The summed E-state index contributed by atoms with van der Waals surface area (Å²) in [5.74, 6) is 3.29. The minimum Gasteiger partial charge on any atom is -0.493 e. The highest BCUT2D eigenvalue weighted by Gasteiger charge is 2.13. The first-order valence-corrected chi connectivity index (χ1v) is 7.58. The number of hydrogen-bond donors (Lipinski definition) is 0. The van der Waals surface area contributed by atoms with Crippen molar-refractivity contribution in [3.63, 3.8) is 0 Å². The fourth-order valence-corrected chi connectivity index (χ4v) is 2.28. The average Bonchev–Trinajstić information content (AvgIpc) is 3.09. The van der Waals surface area contributed by atoms with E-state index in [1.807, 2.05) is 12.1 Å². The van der Waals surface area contributed by atoms with Gasteiger partial charge in [0.1, 0.15) is 12.0 Å². The van der Waals surface area contributed by atoms with Gasteiger partial charge in [-0.3, -0.25) is 4.79 Å². The number of aldehydes is 1. The fourth-order valence-electron chi connectivity index (χ4n) is 2.28. The second-order valence-electron chi connectivity index (χ2n) is 5.09. The zero-order valence-electron chi connectivity index (χ0n) is 13.3. The van der Waals surface area contributed by atoms with E-state index in [9.17, 15) is 4.79 Å². The third-order valence-corrected chi connectivity index (χ3v) is 3.48. The molecule has 0 fully saturated rings. The number of benzene rings is 2. The number of carbonyl (C=O) groups excluding carboxylic acids is 1. The monoisotopic (exact) mass is 330 g/mol. The first kappa shape index (κ1) is 16.0. The van der Waals surface area contributed by atoms with Gasteiger partial charge in [0.2, 0.25) is 6.79 Å². The van der Waals surface area contributed by atoms with Gasteiger partial charge in [0.25, 0.3) is 0 Å². The van der Waals surface area contributed by atoms with Crippen LogP contribution in [0, 0.1) is 0 Å². The third-order valence-electron chi connectivity index (χ3n) is 3.48. The van der Waals surface area contributed by atoms with Crippen LogP contribution in [0.1, 0.15) is 16.8 Å². The van der Waals surface area contributed by atoms with E-state index in [1.165, 1.54) is 0 Å². The fraction of sp³-hybridized carbons (Fsp3) is 0.278. The number of ether oxygens (including phenoxy) is 5. The Labute approximate surface area is 139 Å². The van der Waals surface area contributed by atoms with Crippen molar-refractivity contribution in [2.24, 2.45) is 0 Å². The van der Waals surface area contributed by atoms with Crippen molar-refractivity contribution >= 4 is 6.29 Å². The van der Waals surface area contributed by atoms with E-state index in [2.05, 4.69) is 0 Å². The molecular formula is C18H18O6. The lowest BCUT2D eigenvalue weighted by molar-refractivity contribution is 0.112. The Hall–Kier alpha value is -2.89. The van der Waals surface area contributed by atoms with E-state index in [4.69, 9.17) is 23.7 Å². The summed E-state index contributed by atoms with van der Waals surface area (Å²) in [7, 11) is 1.56. The lowest BCUT2D eigenvalue weighted by atomic mass is 10.2. The van der Waals surface area contributed by atoms with Crippen LogP contribution in [0.15, 0.2) is 36.4 Å². The largest absolute Gasteiger partial charge is 0.493 e. The van der Waals surface area contributed by atoms with Gasteiger partial charge in [-0.15, -0.1) is 0 Å². The molecule has 0 aliphatic carbocycles. The van der Waals surface area contributed by atoms with Crippen molar-refractivity contribution in [1.82, 2.24) is 0 Å². The Morgan fingerprint density at radius 3 is 2.67 bits per heavy atom. The molecule has 3 rings (SSSR count). The number of hydrogen-bond acceptors (Lipinski definition) is 6. The average molecular weight is 330 g/mol. The smallest absolute Gasteiger partial charge is 0.231 e. The van der Waals surface area contributed by atoms with Crippen molar-refractivity contribution in [1.29, 1.82) is 0 Å². The highest BCUT2D eigenvalue weighted by atomic mass is 16.7. The molecule has 0 saturated heterocycles. The van der Waals surface area contributed by atoms with Gasteiger partial charge in [-0.2, -0.15) is 0 Å². The van der Waals surface area contributed by atoms with Crippen LogP contribution in [0.25, 0.3) is 0 Å². The molecule has 0 unspecified atom stereocenters. The molecule has 1 aliphatic heterocycles. The number of methoxy groups -OCH3 is 1. The van der Waals surface area contributed by atoms with E-state index in [0.29, 0.717) is 42.4 Å². The topological polar surface area (TPSA) is 63.2 Å². The van der Waals surface area contributed by atoms with E-state index in [-0.39, 0.29) is 6.79 Å². The summed E-state index contributed by atoms with van der Waals surface area (Å²) in [6.07, 6.45) is 1.46. The molecule has 0 N–H and O–H groups in total. The second-order valence-corrected chi connectivity index (χ2v) is 5.09. The molecule has 0 amide bonds. The molecule has 1 aliphatic rings. The van der Waals surface area contributed by atoms with Crippen LogP contribution in [0.5, 0.6) is 28.7 Å². The molecule has 0 bridgehead atoms. The molecule has 0 radical (unpaired) electrons. The molecule has 0 aromatic heterocycles. The number of rotatable bonds is 8. The number of carbonyl (C=O) groups is 1. The maximum Gasteiger partial charge on any atom is 0.231 e. The predicted octanol–water partition coefficient (Wildman–Crippen LogP) is 3.08. The Morgan fingerprint density at radius 2 is 1.83 bits per heavy atom. The summed E-state index contributed by atoms with van der Waals surface area (Å²) in [4.78, 5) is 10.8. The first-order valence-electron chi connectivity index (χ1n) is 7.58. The minimum absolute atomic E-state index is 0.244. The van der Waals surface area contributed by atoms with Gasteiger partial charge < -0.3 is 23.7 Å². The molecule has 2 aromatic rings. The van der Waals surface area contributed by atoms with E-state index in [0.717, 1.165) is 17.8 Å². The number of fused-ring (bicyclic) bond motifs is 1. The maximum absolute atomic E-state index is 10.8. The third kappa shape index (κ3) is 3.71. The Morgan fingerprint density at radius 1 is 1.00 bits per heavy atom. The molecule has 0 spiro atoms. The highest BCUT2D eigenvalue weighted by Crippen LogP contribution is 2.35. The summed E-state index contributed by atoms with van der Waals surface area (Å²) in [6, 6.07) is 10.5. The van der Waals surface area contributed by atoms with Crippen LogP contribution in [0.4, 0.5) is 0 Å². The maximum atomic E-state index is 10.8. The van der Waals surface area contributed by atoms with Crippen molar-refractivity contribution < 1.29 is 28.5 Å². The second kappa shape index (κ2) is 7.59. The summed E-state index contributed by atoms with van der Waals surface area (Å²) < 4.78 is 27.1. The lowest BCUT2D eigenvalue weighted by Gasteiger charge is -2.11. The van der Waals surface area contributed by atoms with Crippen LogP contribution in [0.2, 0.25) is 0 Å². The lowest BCUT2D eigenvalue weighted by Crippen LogP contribution is -2.06. The molecule has 6 heteroatoms. The van der Waals surface area contributed by atoms with Crippen LogP contribution in [0.3, 0.4) is 0 Å². The van der Waals surface area contributed by atoms with Gasteiger partial charge in [0.15, 0.2) is 23.0 Å². The molecule has 2 aromatic carbocycles. The molecule has 6 nitrogen and oxygen atoms in total. The Bertz CT molecular complexity index is 713. The molecule has 24 heavy (non-hydrogen) atoms. The summed E-state index contributed by atoms with van der Waals surface area (Å²) in [6.45, 7) is 1.19. The van der Waals surface area contributed by atoms with Gasteiger partial charge in [-0.05, 0) is 30.3 Å². The van der Waals surface area contributed by atoms with E-state index >= 15 is 0 Å². The van der Waals surface area contributed by atoms with E-state index in [1.54, 1.807) is 31.4 Å². The van der Waals surface area contributed by atoms with Gasteiger partial charge in [-0.1, -0.05) is 0 Å². The summed E-state index contributed by atoms with van der Waals surface area (Å²) in [5.41, 5.74) is 0.544. The van der Waals surface area contributed by atoms with Crippen molar-refractivity contribution in [3.05, 3.63) is 42.0 Å². The predicted molar refractivity (Wildman–Crippen MR) is 86.6 cm³/mol. The van der Waals surface area contributed by atoms with Crippen LogP contribution in [-0.4, -0.2) is 33.4 Å². The van der Waals surface area contributed by atoms with Gasteiger partial charge in [0.05, 0.1) is 20.3 Å². The molecule has 126 valence electrons. The zero-order chi connectivity index (χ0) is 16.8. The van der Waals surface area contributed by atoms with Gasteiger partial charge in [-0.25, -0.2) is 0 Å². The van der Waals surface area contributed by atoms with Crippen LogP contribution < -0.4 is 23.7 Å². The van der Waals surface area contributed by atoms with Gasteiger partial charge >= 0.3 is 0 Å². The summed E-state index contributed by atoms with van der Waals surface area (Å²) in [5, 5.41) is 0. The molecule has 1 heterocycles. The minimum atomic E-state index is 0.244.